The van der Waals surface area contributed by atoms with Gasteiger partial charge in [0.1, 0.15) is 16.9 Å². The first-order valence-corrected chi connectivity index (χ1v) is 6.06. The first kappa shape index (κ1) is 12.2. The molecule has 0 aromatic carbocycles. The number of aromatic nitrogens is 1. The fourth-order valence-electron chi connectivity index (χ4n) is 2.03. The fourth-order valence-corrected chi connectivity index (χ4v) is 2.30. The smallest absolute Gasteiger partial charge is 0.148 e. The molecule has 0 radical (unpaired) electrons. The number of nitrogens with zero attached hydrogens (tertiary/aromatic N) is 3. The topological polar surface area (TPSA) is 65.9 Å². The number of pyridine rings is 1. The summed E-state index contributed by atoms with van der Waals surface area (Å²) in [5.41, 5.74) is 6.51. The van der Waals surface area contributed by atoms with E-state index in [9.17, 15) is 0 Å². The lowest BCUT2D eigenvalue weighted by Crippen LogP contribution is -2.48. The molecule has 90 valence electrons. The van der Waals surface area contributed by atoms with Crippen molar-refractivity contribution in [3.63, 3.8) is 0 Å². The van der Waals surface area contributed by atoms with E-state index in [1.807, 2.05) is 0 Å². The van der Waals surface area contributed by atoms with Crippen LogP contribution in [0, 0.1) is 17.2 Å². The number of hydrogen-bond acceptors (Lipinski definition) is 4. The minimum atomic E-state index is 0.132. The summed E-state index contributed by atoms with van der Waals surface area (Å²) in [6.45, 7) is 3.78. The molecule has 0 bridgehead atoms. The summed E-state index contributed by atoms with van der Waals surface area (Å²) in [6.07, 6.45) is 2.64. The van der Waals surface area contributed by atoms with Gasteiger partial charge in [-0.15, -0.1) is 0 Å². The number of halogens is 1. The second kappa shape index (κ2) is 4.91. The second-order valence-electron chi connectivity index (χ2n) is 4.48. The van der Waals surface area contributed by atoms with Gasteiger partial charge in [0.05, 0.1) is 5.56 Å². The van der Waals surface area contributed by atoms with Crippen molar-refractivity contribution < 1.29 is 0 Å². The Labute approximate surface area is 106 Å². The van der Waals surface area contributed by atoms with Crippen LogP contribution in [0.4, 0.5) is 5.82 Å². The summed E-state index contributed by atoms with van der Waals surface area (Å²) in [5, 5.41) is 9.36. The molecule has 0 aliphatic carbocycles. The lowest BCUT2D eigenvalue weighted by Gasteiger charge is -2.36. The molecule has 1 aliphatic heterocycles. The van der Waals surface area contributed by atoms with E-state index in [-0.39, 0.29) is 6.04 Å². The SMILES string of the molecule is CC1CCN(c2nccc(C#N)c2Cl)CC1N. The van der Waals surface area contributed by atoms with E-state index in [0.717, 1.165) is 19.5 Å². The highest BCUT2D eigenvalue weighted by Crippen LogP contribution is 2.29. The van der Waals surface area contributed by atoms with Crippen molar-refractivity contribution in [2.24, 2.45) is 11.7 Å². The van der Waals surface area contributed by atoms with Crippen LogP contribution in [-0.4, -0.2) is 24.1 Å². The van der Waals surface area contributed by atoms with Crippen LogP contribution in [0.2, 0.25) is 5.02 Å². The molecule has 1 aromatic heterocycles. The van der Waals surface area contributed by atoms with Gasteiger partial charge in [-0.3, -0.25) is 0 Å². The molecular formula is C12H15ClN4. The Hall–Kier alpha value is -1.31. The van der Waals surface area contributed by atoms with Crippen LogP contribution in [-0.2, 0) is 0 Å². The zero-order valence-corrected chi connectivity index (χ0v) is 10.5. The molecule has 2 heterocycles. The Morgan fingerprint density at radius 3 is 3.06 bits per heavy atom. The average Bonchev–Trinajstić information content (AvgIpc) is 2.33. The predicted octanol–water partition coefficient (Wildman–Crippen LogP) is 1.78. The molecular weight excluding hydrogens is 236 g/mol. The summed E-state index contributed by atoms with van der Waals surface area (Å²) in [5.74, 6) is 1.19. The predicted molar refractivity (Wildman–Crippen MR) is 67.9 cm³/mol. The number of nitrogens with two attached hydrogens (primary N) is 1. The van der Waals surface area contributed by atoms with Gasteiger partial charge in [-0.1, -0.05) is 18.5 Å². The third-order valence-electron chi connectivity index (χ3n) is 3.31. The minimum absolute atomic E-state index is 0.132. The highest BCUT2D eigenvalue weighted by atomic mass is 35.5. The van der Waals surface area contributed by atoms with Gasteiger partial charge in [-0.05, 0) is 18.4 Å². The van der Waals surface area contributed by atoms with E-state index < -0.39 is 0 Å². The summed E-state index contributed by atoms with van der Waals surface area (Å²) >= 11 is 6.16. The van der Waals surface area contributed by atoms with Gasteiger partial charge in [0.15, 0.2) is 0 Å². The molecule has 1 fully saturated rings. The molecule has 0 amide bonds. The number of nitriles is 1. The number of rotatable bonds is 1. The van der Waals surface area contributed by atoms with Crippen molar-refractivity contribution in [2.75, 3.05) is 18.0 Å². The molecule has 1 aliphatic rings. The number of hydrogen-bond donors (Lipinski definition) is 1. The van der Waals surface area contributed by atoms with Crippen LogP contribution in [0.15, 0.2) is 12.3 Å². The Kier molecular flexibility index (Phi) is 3.51. The molecule has 2 atom stereocenters. The molecule has 17 heavy (non-hydrogen) atoms. The van der Waals surface area contributed by atoms with Gasteiger partial charge in [-0.2, -0.15) is 5.26 Å². The average molecular weight is 251 g/mol. The van der Waals surface area contributed by atoms with Gasteiger partial charge in [0.2, 0.25) is 0 Å². The maximum absolute atomic E-state index is 8.93. The molecule has 1 saturated heterocycles. The van der Waals surface area contributed by atoms with E-state index in [2.05, 4.69) is 22.9 Å². The molecule has 2 N–H and O–H groups in total. The summed E-state index contributed by atoms with van der Waals surface area (Å²) in [6, 6.07) is 3.82. The molecule has 4 nitrogen and oxygen atoms in total. The van der Waals surface area contributed by atoms with Crippen molar-refractivity contribution in [3.8, 4) is 6.07 Å². The molecule has 2 rings (SSSR count). The van der Waals surface area contributed by atoms with Crippen LogP contribution in [0.1, 0.15) is 18.9 Å². The summed E-state index contributed by atoms with van der Waals surface area (Å²) < 4.78 is 0. The number of piperidine rings is 1. The molecule has 0 saturated carbocycles. The quantitative estimate of drug-likeness (QED) is 0.825. The standard InChI is InChI=1S/C12H15ClN4/c1-8-3-5-17(7-10(8)15)12-11(13)9(6-14)2-4-16-12/h2,4,8,10H,3,5,7,15H2,1H3. The van der Waals surface area contributed by atoms with Crippen molar-refractivity contribution >= 4 is 17.4 Å². The van der Waals surface area contributed by atoms with Gasteiger partial charge in [0, 0.05) is 25.3 Å². The Morgan fingerprint density at radius 1 is 1.65 bits per heavy atom. The maximum atomic E-state index is 8.93. The van der Waals surface area contributed by atoms with E-state index >= 15 is 0 Å². The van der Waals surface area contributed by atoms with Crippen LogP contribution < -0.4 is 10.6 Å². The zero-order valence-electron chi connectivity index (χ0n) is 9.73. The first-order valence-electron chi connectivity index (χ1n) is 5.68. The van der Waals surface area contributed by atoms with Crippen molar-refractivity contribution in [1.82, 2.24) is 4.98 Å². The molecule has 5 heteroatoms. The third kappa shape index (κ3) is 2.36. The fraction of sp³-hybridized carbons (Fsp3) is 0.500. The largest absolute Gasteiger partial charge is 0.354 e. The lowest BCUT2D eigenvalue weighted by molar-refractivity contribution is 0.378. The third-order valence-corrected chi connectivity index (χ3v) is 3.68. The van der Waals surface area contributed by atoms with Gasteiger partial charge in [-0.25, -0.2) is 4.98 Å². The monoisotopic (exact) mass is 250 g/mol. The highest BCUT2D eigenvalue weighted by Gasteiger charge is 2.25. The van der Waals surface area contributed by atoms with Gasteiger partial charge >= 0.3 is 0 Å². The van der Waals surface area contributed by atoms with Crippen LogP contribution in [0.25, 0.3) is 0 Å². The van der Waals surface area contributed by atoms with E-state index in [4.69, 9.17) is 22.6 Å². The van der Waals surface area contributed by atoms with Crippen molar-refractivity contribution in [2.45, 2.75) is 19.4 Å². The van der Waals surface area contributed by atoms with Gasteiger partial charge in [0.25, 0.3) is 0 Å². The highest BCUT2D eigenvalue weighted by molar-refractivity contribution is 6.34. The summed E-state index contributed by atoms with van der Waals surface area (Å²) in [7, 11) is 0. The Balaban J connectivity index is 2.27. The van der Waals surface area contributed by atoms with E-state index in [1.165, 1.54) is 0 Å². The van der Waals surface area contributed by atoms with Crippen molar-refractivity contribution in [3.05, 3.63) is 22.8 Å². The Bertz CT molecular complexity index is 454. The minimum Gasteiger partial charge on any atom is -0.354 e. The molecule has 1 aromatic rings. The van der Waals surface area contributed by atoms with Crippen molar-refractivity contribution in [1.29, 1.82) is 5.26 Å². The first-order chi connectivity index (χ1) is 8.13. The summed E-state index contributed by atoms with van der Waals surface area (Å²) in [4.78, 5) is 6.32. The van der Waals surface area contributed by atoms with Gasteiger partial charge < -0.3 is 10.6 Å². The van der Waals surface area contributed by atoms with Crippen LogP contribution in [0.3, 0.4) is 0 Å². The van der Waals surface area contributed by atoms with E-state index in [0.29, 0.717) is 22.3 Å². The zero-order chi connectivity index (χ0) is 12.4. The van der Waals surface area contributed by atoms with Crippen LogP contribution in [0.5, 0.6) is 0 Å². The van der Waals surface area contributed by atoms with E-state index in [1.54, 1.807) is 12.3 Å². The normalized spacial score (nSPS) is 24.5. The number of anilines is 1. The molecule has 2 unspecified atom stereocenters. The second-order valence-corrected chi connectivity index (χ2v) is 4.86. The molecule has 0 spiro atoms. The Morgan fingerprint density at radius 2 is 2.41 bits per heavy atom. The maximum Gasteiger partial charge on any atom is 0.148 e. The van der Waals surface area contributed by atoms with Crippen LogP contribution >= 0.6 is 11.6 Å². The lowest BCUT2D eigenvalue weighted by atomic mass is 9.94.